The van der Waals surface area contributed by atoms with E-state index < -0.39 is 47.1 Å². The van der Waals surface area contributed by atoms with Crippen molar-refractivity contribution in [1.82, 2.24) is 10.3 Å². The van der Waals surface area contributed by atoms with Crippen molar-refractivity contribution in [1.29, 1.82) is 5.26 Å². The van der Waals surface area contributed by atoms with Gasteiger partial charge in [0.15, 0.2) is 0 Å². The van der Waals surface area contributed by atoms with Crippen molar-refractivity contribution >= 4 is 11.8 Å². The molecule has 0 spiro atoms. The van der Waals surface area contributed by atoms with E-state index in [1.165, 1.54) is 38.3 Å². The number of nitriles is 1. The van der Waals surface area contributed by atoms with Gasteiger partial charge in [-0.1, -0.05) is 0 Å². The number of primary amides is 1. The Morgan fingerprint density at radius 3 is 2.48 bits per heavy atom. The zero-order valence-corrected chi connectivity index (χ0v) is 21.1. The Morgan fingerprint density at radius 1 is 1.23 bits per heavy atom. The summed E-state index contributed by atoms with van der Waals surface area (Å²) in [4.78, 5) is 29.1. The van der Waals surface area contributed by atoms with Crippen LogP contribution in [-0.4, -0.2) is 48.3 Å². The molecule has 2 aromatic carbocycles. The highest BCUT2D eigenvalue weighted by Crippen LogP contribution is 2.47. The Hall–Kier alpha value is -4.70. The Morgan fingerprint density at radius 2 is 1.90 bits per heavy atom. The molecule has 13 heteroatoms. The predicted octanol–water partition coefficient (Wildman–Crippen LogP) is 3.08. The summed E-state index contributed by atoms with van der Waals surface area (Å²) in [5.74, 6) is -2.43. The summed E-state index contributed by atoms with van der Waals surface area (Å²) in [6.45, 7) is -0.326. The molecule has 3 aromatic rings. The van der Waals surface area contributed by atoms with Gasteiger partial charge in [0, 0.05) is 16.7 Å². The van der Waals surface area contributed by atoms with E-state index in [2.05, 4.69) is 4.98 Å². The first-order valence-corrected chi connectivity index (χ1v) is 11.6. The molecule has 0 aliphatic carbocycles. The second-order valence-electron chi connectivity index (χ2n) is 9.29. The lowest BCUT2D eigenvalue weighted by molar-refractivity contribution is -0.265. The molecule has 1 aliphatic rings. The fraction of sp³-hybridized carbons (Fsp3) is 0.259. The summed E-state index contributed by atoms with van der Waals surface area (Å²) < 4.78 is 67.6. The van der Waals surface area contributed by atoms with Crippen LogP contribution >= 0.6 is 0 Å². The Bertz CT molecular complexity index is 1540. The summed E-state index contributed by atoms with van der Waals surface area (Å²) in [5.41, 5.74) is -1.04. The van der Waals surface area contributed by atoms with Crippen molar-refractivity contribution in [2.24, 2.45) is 5.73 Å². The smallest absolute Gasteiger partial charge is 0.424 e. The van der Waals surface area contributed by atoms with Gasteiger partial charge in [-0.15, -0.1) is 0 Å². The van der Waals surface area contributed by atoms with Crippen LogP contribution in [0.25, 0.3) is 11.3 Å². The molecule has 4 N–H and O–H groups in total. The SMILES string of the molecule is COc1ccc(C(=O)NC[C@](O)(c2cc3c(c(-c4ccc(F)cc4)n2)OC[C@]3(C)C(N)=O)C(F)(F)F)cc1C#N. The molecule has 2 atom stereocenters. The average molecular weight is 558 g/mol. The van der Waals surface area contributed by atoms with Gasteiger partial charge in [-0.2, -0.15) is 18.4 Å². The fourth-order valence-corrected chi connectivity index (χ4v) is 4.19. The Balaban J connectivity index is 1.81. The number of pyridine rings is 1. The maximum Gasteiger partial charge on any atom is 0.424 e. The number of benzene rings is 2. The van der Waals surface area contributed by atoms with Crippen LogP contribution in [0.3, 0.4) is 0 Å². The van der Waals surface area contributed by atoms with E-state index in [1.54, 1.807) is 0 Å². The highest BCUT2D eigenvalue weighted by molar-refractivity contribution is 5.95. The molecule has 0 bridgehead atoms. The minimum absolute atomic E-state index is 0.0313. The topological polar surface area (TPSA) is 148 Å². The van der Waals surface area contributed by atoms with Crippen LogP contribution < -0.4 is 20.5 Å². The first-order chi connectivity index (χ1) is 18.7. The van der Waals surface area contributed by atoms with Crippen molar-refractivity contribution in [3.05, 3.63) is 76.7 Å². The van der Waals surface area contributed by atoms with Gasteiger partial charge in [0.25, 0.3) is 5.91 Å². The molecule has 4 rings (SSSR count). The number of aromatic nitrogens is 1. The van der Waals surface area contributed by atoms with Crippen molar-refractivity contribution in [3.8, 4) is 28.8 Å². The first kappa shape index (κ1) is 28.3. The van der Waals surface area contributed by atoms with Crippen LogP contribution in [0.4, 0.5) is 17.6 Å². The number of rotatable bonds is 7. The number of ether oxygens (including phenoxy) is 2. The molecule has 0 saturated heterocycles. The first-order valence-electron chi connectivity index (χ1n) is 11.6. The monoisotopic (exact) mass is 558 g/mol. The third kappa shape index (κ3) is 4.77. The van der Waals surface area contributed by atoms with E-state index in [1.807, 2.05) is 11.4 Å². The lowest BCUT2D eigenvalue weighted by Crippen LogP contribution is -2.51. The van der Waals surface area contributed by atoms with Gasteiger partial charge in [-0.3, -0.25) is 9.59 Å². The summed E-state index contributed by atoms with van der Waals surface area (Å²) in [7, 11) is 1.30. The molecule has 1 aromatic heterocycles. The van der Waals surface area contributed by atoms with E-state index in [0.717, 1.165) is 24.3 Å². The molecule has 2 heterocycles. The lowest BCUT2D eigenvalue weighted by atomic mass is 9.81. The number of methoxy groups -OCH3 is 1. The zero-order valence-electron chi connectivity index (χ0n) is 21.1. The molecule has 2 amide bonds. The zero-order chi connectivity index (χ0) is 29.5. The average Bonchev–Trinajstić information content (AvgIpc) is 3.28. The fourth-order valence-electron chi connectivity index (χ4n) is 4.19. The highest BCUT2D eigenvalue weighted by Gasteiger charge is 2.57. The minimum Gasteiger partial charge on any atom is -0.495 e. The predicted molar refractivity (Wildman–Crippen MR) is 132 cm³/mol. The third-order valence-corrected chi connectivity index (χ3v) is 6.71. The normalized spacial score (nSPS) is 17.6. The van der Waals surface area contributed by atoms with Crippen molar-refractivity contribution in [2.75, 3.05) is 20.3 Å². The summed E-state index contributed by atoms with van der Waals surface area (Å²) >= 11 is 0. The van der Waals surface area contributed by atoms with E-state index in [9.17, 15) is 37.5 Å². The lowest BCUT2D eigenvalue weighted by Gasteiger charge is -2.31. The minimum atomic E-state index is -5.37. The molecule has 0 fully saturated rings. The maximum absolute atomic E-state index is 14.5. The van der Waals surface area contributed by atoms with Crippen LogP contribution in [0.15, 0.2) is 48.5 Å². The van der Waals surface area contributed by atoms with Gasteiger partial charge >= 0.3 is 6.18 Å². The molecule has 1 aliphatic heterocycles. The number of nitrogens with two attached hydrogens (primary N) is 1. The van der Waals surface area contributed by atoms with Crippen molar-refractivity contribution < 1.29 is 41.7 Å². The van der Waals surface area contributed by atoms with Crippen LogP contribution in [0.1, 0.15) is 34.1 Å². The number of carbonyl (C=O) groups is 2. The van der Waals surface area contributed by atoms with E-state index >= 15 is 0 Å². The van der Waals surface area contributed by atoms with E-state index in [0.29, 0.717) is 0 Å². The van der Waals surface area contributed by atoms with Crippen LogP contribution in [0, 0.1) is 17.1 Å². The number of hydrogen-bond acceptors (Lipinski definition) is 7. The summed E-state index contributed by atoms with van der Waals surface area (Å²) in [5, 5.41) is 22.3. The van der Waals surface area contributed by atoms with Crippen LogP contribution in [-0.2, 0) is 15.8 Å². The molecule has 0 saturated carbocycles. The second kappa shape index (κ2) is 10.1. The summed E-state index contributed by atoms with van der Waals surface area (Å²) in [6, 6.07) is 10.9. The standard InChI is InChI=1S/C27H22F4N4O5/c1-25(24(33)37)13-40-22-18(25)10-20(35-21(22)14-3-6-17(28)7-4-14)26(38,27(29,30)31)12-34-23(36)15-5-8-19(39-2)16(9-15)11-32/h3-10,38H,12-13H2,1-2H3,(H2,33,37)(H,34,36)/t25-,26-/m0/s1. The Labute approximate surface area is 225 Å². The number of halogens is 4. The van der Waals surface area contributed by atoms with E-state index in [4.69, 9.17) is 15.2 Å². The molecule has 9 nitrogen and oxygen atoms in total. The quantitative estimate of drug-likeness (QED) is 0.378. The third-order valence-electron chi connectivity index (χ3n) is 6.71. The Kier molecular flexibility index (Phi) is 7.16. The van der Waals surface area contributed by atoms with Crippen molar-refractivity contribution in [2.45, 2.75) is 24.1 Å². The van der Waals surface area contributed by atoms with Crippen LogP contribution in [0.5, 0.6) is 11.5 Å². The maximum atomic E-state index is 14.5. The van der Waals surface area contributed by atoms with E-state index in [-0.39, 0.29) is 46.1 Å². The molecule has 208 valence electrons. The second-order valence-corrected chi connectivity index (χ2v) is 9.29. The number of aliphatic hydroxyl groups is 1. The number of carbonyl (C=O) groups excluding carboxylic acids is 2. The number of hydrogen-bond donors (Lipinski definition) is 3. The molecular formula is C27H22F4N4O5. The summed E-state index contributed by atoms with van der Waals surface area (Å²) in [6.07, 6.45) is -5.37. The van der Waals surface area contributed by atoms with Gasteiger partial charge in [0.2, 0.25) is 11.5 Å². The number of fused-ring (bicyclic) bond motifs is 1. The molecule has 0 unspecified atom stereocenters. The molecule has 40 heavy (non-hydrogen) atoms. The molecular weight excluding hydrogens is 536 g/mol. The largest absolute Gasteiger partial charge is 0.495 e. The van der Waals surface area contributed by atoms with Crippen molar-refractivity contribution in [3.63, 3.8) is 0 Å². The number of nitrogens with one attached hydrogen (secondary N) is 1. The highest BCUT2D eigenvalue weighted by atomic mass is 19.4. The van der Waals surface area contributed by atoms with Gasteiger partial charge in [0.1, 0.15) is 41.1 Å². The van der Waals surface area contributed by atoms with Gasteiger partial charge in [-0.05, 0) is 55.5 Å². The van der Waals surface area contributed by atoms with Gasteiger partial charge in [-0.25, -0.2) is 9.37 Å². The van der Waals surface area contributed by atoms with Gasteiger partial charge in [0.05, 0.1) is 24.9 Å². The molecule has 0 radical (unpaired) electrons. The number of alkyl halides is 3. The van der Waals surface area contributed by atoms with Crippen LogP contribution in [0.2, 0.25) is 0 Å². The number of nitrogens with zero attached hydrogens (tertiary/aromatic N) is 2. The number of amides is 2. The van der Waals surface area contributed by atoms with Gasteiger partial charge < -0.3 is 25.6 Å².